The number of nitrogens with zero attached hydrogens (tertiary/aromatic N) is 2. The second-order valence-corrected chi connectivity index (χ2v) is 8.13. The van der Waals surface area contributed by atoms with Gasteiger partial charge in [-0.25, -0.2) is 0 Å². The smallest absolute Gasteiger partial charge is 0.257 e. The summed E-state index contributed by atoms with van der Waals surface area (Å²) in [6.45, 7) is 5.73. The van der Waals surface area contributed by atoms with Crippen molar-refractivity contribution < 1.29 is 14.0 Å². The highest BCUT2D eigenvalue weighted by Gasteiger charge is 2.28. The fraction of sp³-hybridized carbons (Fsp3) is 0.320. The number of aryl methyl sites for hydroxylation is 2. The maximum atomic E-state index is 13.0. The summed E-state index contributed by atoms with van der Waals surface area (Å²) < 4.78 is 5.03. The molecule has 1 aromatic carbocycles. The molecule has 2 aromatic heterocycles. The number of pyridine rings is 1. The van der Waals surface area contributed by atoms with Crippen LogP contribution in [0.25, 0.3) is 0 Å². The molecule has 1 N–H and O–H groups in total. The van der Waals surface area contributed by atoms with Crippen LogP contribution >= 0.6 is 0 Å². The summed E-state index contributed by atoms with van der Waals surface area (Å²) in [5.74, 6) is 0.0221. The minimum absolute atomic E-state index is 0.0135. The quantitative estimate of drug-likeness (QED) is 0.674. The molecule has 1 aliphatic rings. The number of carbonyl (C=O) groups is 2. The molecule has 160 valence electrons. The van der Waals surface area contributed by atoms with Crippen molar-refractivity contribution in [2.45, 2.75) is 39.2 Å². The van der Waals surface area contributed by atoms with Crippen LogP contribution < -0.4 is 5.32 Å². The summed E-state index contributed by atoms with van der Waals surface area (Å²) in [7, 11) is 0. The molecule has 0 saturated carbocycles. The van der Waals surface area contributed by atoms with Gasteiger partial charge in [-0.05, 0) is 50.5 Å². The number of benzene rings is 1. The molecule has 3 heterocycles. The Kier molecular flexibility index (Phi) is 6.16. The molecule has 4 rings (SSSR count). The van der Waals surface area contributed by atoms with E-state index < -0.39 is 0 Å². The standard InChI is InChI=1S/C25H27N3O3/c1-17-3-6-19(7-4-17)15-26-24(29)22-8-5-18(2)27-23(22)20-9-12-28(13-10-20)25(30)21-11-14-31-16-21/h3-8,11,14,16,20H,9-10,12-13,15H2,1-2H3,(H,26,29). The fourth-order valence-corrected chi connectivity index (χ4v) is 3.99. The number of hydrogen-bond donors (Lipinski definition) is 1. The normalized spacial score (nSPS) is 14.5. The van der Waals surface area contributed by atoms with Crippen molar-refractivity contribution >= 4 is 11.8 Å². The highest BCUT2D eigenvalue weighted by molar-refractivity contribution is 5.95. The molecule has 0 bridgehead atoms. The number of furan rings is 1. The summed E-state index contributed by atoms with van der Waals surface area (Å²) in [5, 5.41) is 3.03. The molecule has 0 radical (unpaired) electrons. The first-order valence-corrected chi connectivity index (χ1v) is 10.6. The van der Waals surface area contributed by atoms with E-state index in [1.165, 1.54) is 18.1 Å². The van der Waals surface area contributed by atoms with E-state index in [2.05, 4.69) is 5.32 Å². The van der Waals surface area contributed by atoms with E-state index in [1.807, 2.05) is 55.1 Å². The molecule has 1 aliphatic heterocycles. The molecule has 6 heteroatoms. The van der Waals surface area contributed by atoms with E-state index in [9.17, 15) is 9.59 Å². The number of aromatic nitrogens is 1. The van der Waals surface area contributed by atoms with E-state index in [0.717, 1.165) is 29.8 Å². The fourth-order valence-electron chi connectivity index (χ4n) is 3.99. The van der Waals surface area contributed by atoms with Gasteiger partial charge < -0.3 is 14.6 Å². The zero-order chi connectivity index (χ0) is 21.8. The lowest BCUT2D eigenvalue weighted by Crippen LogP contribution is -2.38. The van der Waals surface area contributed by atoms with E-state index in [1.54, 1.807) is 6.07 Å². The Balaban J connectivity index is 1.44. The van der Waals surface area contributed by atoms with Crippen LogP contribution in [0.3, 0.4) is 0 Å². The van der Waals surface area contributed by atoms with E-state index >= 15 is 0 Å². The maximum Gasteiger partial charge on any atom is 0.257 e. The first kappa shape index (κ1) is 20.8. The number of piperidine rings is 1. The Morgan fingerprint density at radius 2 is 1.81 bits per heavy atom. The third-order valence-electron chi connectivity index (χ3n) is 5.82. The Bertz CT molecular complexity index is 1050. The summed E-state index contributed by atoms with van der Waals surface area (Å²) in [6.07, 6.45) is 4.54. The minimum atomic E-state index is -0.111. The van der Waals surface area contributed by atoms with Gasteiger partial charge in [-0.3, -0.25) is 14.6 Å². The number of carbonyl (C=O) groups excluding carboxylic acids is 2. The van der Waals surface area contributed by atoms with E-state index in [4.69, 9.17) is 9.40 Å². The Hall–Kier alpha value is -3.41. The maximum absolute atomic E-state index is 13.0. The third-order valence-corrected chi connectivity index (χ3v) is 5.82. The van der Waals surface area contributed by atoms with Gasteiger partial charge in [-0.15, -0.1) is 0 Å². The molecular formula is C25H27N3O3. The van der Waals surface area contributed by atoms with Crippen molar-refractivity contribution in [2.24, 2.45) is 0 Å². The zero-order valence-electron chi connectivity index (χ0n) is 17.9. The second-order valence-electron chi connectivity index (χ2n) is 8.13. The molecule has 0 atom stereocenters. The highest BCUT2D eigenvalue weighted by atomic mass is 16.3. The van der Waals surface area contributed by atoms with Crippen LogP contribution in [0.2, 0.25) is 0 Å². The predicted octanol–water partition coefficient (Wildman–Crippen LogP) is 4.24. The van der Waals surface area contributed by atoms with Gasteiger partial charge in [0.05, 0.1) is 23.1 Å². The highest BCUT2D eigenvalue weighted by Crippen LogP contribution is 2.30. The topological polar surface area (TPSA) is 75.4 Å². The average Bonchev–Trinajstić information content (AvgIpc) is 3.33. The second kappa shape index (κ2) is 9.16. The molecule has 0 spiro atoms. The molecular weight excluding hydrogens is 390 g/mol. The number of rotatable bonds is 5. The molecule has 1 saturated heterocycles. The first-order chi connectivity index (χ1) is 15.0. The number of amides is 2. The van der Waals surface area contributed by atoms with Crippen LogP contribution in [0.4, 0.5) is 0 Å². The van der Waals surface area contributed by atoms with Crippen molar-refractivity contribution in [3.63, 3.8) is 0 Å². The predicted molar refractivity (Wildman–Crippen MR) is 118 cm³/mol. The molecule has 1 fully saturated rings. The number of nitrogens with one attached hydrogen (secondary N) is 1. The Morgan fingerprint density at radius 1 is 1.06 bits per heavy atom. The minimum Gasteiger partial charge on any atom is -0.472 e. The van der Waals surface area contributed by atoms with Crippen molar-refractivity contribution in [1.82, 2.24) is 15.2 Å². The summed E-state index contributed by atoms with van der Waals surface area (Å²) in [6, 6.07) is 13.6. The Morgan fingerprint density at radius 3 is 2.48 bits per heavy atom. The van der Waals surface area contributed by atoms with Gasteiger partial charge in [0.1, 0.15) is 6.26 Å². The average molecular weight is 418 g/mol. The molecule has 6 nitrogen and oxygen atoms in total. The van der Waals surface area contributed by atoms with Crippen LogP contribution in [0.15, 0.2) is 59.4 Å². The van der Waals surface area contributed by atoms with E-state index in [0.29, 0.717) is 30.8 Å². The van der Waals surface area contributed by atoms with Gasteiger partial charge in [0, 0.05) is 31.2 Å². The molecule has 0 unspecified atom stereocenters. The number of likely N-dealkylation sites (tertiary alicyclic amines) is 1. The van der Waals surface area contributed by atoms with Gasteiger partial charge in [-0.1, -0.05) is 29.8 Å². The van der Waals surface area contributed by atoms with E-state index in [-0.39, 0.29) is 17.7 Å². The van der Waals surface area contributed by atoms with Crippen molar-refractivity contribution in [2.75, 3.05) is 13.1 Å². The van der Waals surface area contributed by atoms with Crippen LogP contribution in [0, 0.1) is 13.8 Å². The molecule has 0 aliphatic carbocycles. The summed E-state index contributed by atoms with van der Waals surface area (Å²) in [4.78, 5) is 32.1. The van der Waals surface area contributed by atoms with Gasteiger partial charge in [0.15, 0.2) is 0 Å². The van der Waals surface area contributed by atoms with Gasteiger partial charge in [0.25, 0.3) is 11.8 Å². The van der Waals surface area contributed by atoms with Crippen molar-refractivity contribution in [3.05, 3.63) is 88.6 Å². The van der Waals surface area contributed by atoms with Crippen LogP contribution in [-0.2, 0) is 6.54 Å². The molecule has 31 heavy (non-hydrogen) atoms. The van der Waals surface area contributed by atoms with Crippen molar-refractivity contribution in [1.29, 1.82) is 0 Å². The summed E-state index contributed by atoms with van der Waals surface area (Å²) >= 11 is 0. The lowest BCUT2D eigenvalue weighted by molar-refractivity contribution is 0.0709. The molecule has 3 aromatic rings. The largest absolute Gasteiger partial charge is 0.472 e. The van der Waals surface area contributed by atoms with Crippen LogP contribution in [-0.4, -0.2) is 34.8 Å². The molecule has 2 amide bonds. The van der Waals surface area contributed by atoms with Gasteiger partial charge >= 0.3 is 0 Å². The van der Waals surface area contributed by atoms with Crippen molar-refractivity contribution in [3.8, 4) is 0 Å². The third kappa shape index (κ3) is 4.85. The van der Waals surface area contributed by atoms with Crippen LogP contribution in [0.5, 0.6) is 0 Å². The first-order valence-electron chi connectivity index (χ1n) is 10.6. The Labute approximate surface area is 182 Å². The monoisotopic (exact) mass is 417 g/mol. The zero-order valence-corrected chi connectivity index (χ0v) is 17.9. The van der Waals surface area contributed by atoms with Gasteiger partial charge in [-0.2, -0.15) is 0 Å². The summed E-state index contributed by atoms with van der Waals surface area (Å²) in [5.41, 5.74) is 5.17. The lowest BCUT2D eigenvalue weighted by Gasteiger charge is -2.32. The SMILES string of the molecule is Cc1ccc(CNC(=O)c2ccc(C)nc2C2CCN(C(=O)c3ccoc3)CC2)cc1. The number of hydrogen-bond acceptors (Lipinski definition) is 4. The lowest BCUT2D eigenvalue weighted by atomic mass is 9.89. The van der Waals surface area contributed by atoms with Crippen LogP contribution in [0.1, 0.15) is 62.0 Å². The van der Waals surface area contributed by atoms with Gasteiger partial charge in [0.2, 0.25) is 0 Å².